The van der Waals surface area contributed by atoms with Crippen molar-refractivity contribution in [1.82, 2.24) is 5.32 Å². The van der Waals surface area contributed by atoms with E-state index >= 15 is 0 Å². The Bertz CT molecular complexity index is 826. The highest BCUT2D eigenvalue weighted by Gasteiger charge is 2.22. The molecule has 2 aromatic carbocycles. The maximum absolute atomic E-state index is 12.6. The first kappa shape index (κ1) is 19.5. The van der Waals surface area contributed by atoms with E-state index in [0.717, 1.165) is 0 Å². The van der Waals surface area contributed by atoms with Gasteiger partial charge in [0.15, 0.2) is 0 Å². The third kappa shape index (κ3) is 5.61. The molecule has 134 valence electrons. The first-order valence-corrected chi connectivity index (χ1v) is 8.64. The van der Waals surface area contributed by atoms with Crippen molar-refractivity contribution in [3.8, 4) is 6.07 Å². The predicted octanol–water partition coefficient (Wildman–Crippen LogP) is 3.99. The molecule has 0 saturated heterocycles. The topological polar surface area (TPSA) is 82.0 Å². The molecule has 0 heterocycles. The first-order chi connectivity index (χ1) is 12.4. The van der Waals surface area contributed by atoms with E-state index in [1.54, 1.807) is 48.5 Å². The molecule has 0 saturated carbocycles. The number of rotatable bonds is 6. The van der Waals surface area contributed by atoms with Gasteiger partial charge in [0.25, 0.3) is 5.91 Å². The first-order valence-electron chi connectivity index (χ1n) is 8.26. The molecule has 1 atom stereocenters. The molecule has 0 aromatic heterocycles. The average molecular weight is 370 g/mol. The van der Waals surface area contributed by atoms with Crippen molar-refractivity contribution < 1.29 is 9.59 Å². The fourth-order valence-corrected chi connectivity index (χ4v) is 2.57. The van der Waals surface area contributed by atoms with E-state index in [2.05, 4.69) is 10.6 Å². The zero-order valence-corrected chi connectivity index (χ0v) is 15.4. The van der Waals surface area contributed by atoms with Crippen molar-refractivity contribution in [3.63, 3.8) is 0 Å². The van der Waals surface area contributed by atoms with Gasteiger partial charge in [-0.1, -0.05) is 31.5 Å². The minimum absolute atomic E-state index is 0.210. The Morgan fingerprint density at radius 1 is 1.15 bits per heavy atom. The lowest BCUT2D eigenvalue weighted by Gasteiger charge is -2.20. The van der Waals surface area contributed by atoms with Gasteiger partial charge < -0.3 is 10.6 Å². The van der Waals surface area contributed by atoms with Crippen LogP contribution in [0.25, 0.3) is 0 Å². The normalized spacial score (nSPS) is 11.5. The summed E-state index contributed by atoms with van der Waals surface area (Å²) in [4.78, 5) is 25.1. The van der Waals surface area contributed by atoms with Crippen molar-refractivity contribution >= 4 is 29.1 Å². The third-order valence-corrected chi connectivity index (χ3v) is 3.95. The second kappa shape index (κ2) is 9.02. The van der Waals surface area contributed by atoms with Crippen molar-refractivity contribution in [2.75, 3.05) is 5.32 Å². The fraction of sp³-hybridized carbons (Fsp3) is 0.250. The molecule has 6 heteroatoms. The van der Waals surface area contributed by atoms with Crippen molar-refractivity contribution in [2.24, 2.45) is 5.92 Å². The number of anilines is 1. The Kier molecular flexibility index (Phi) is 6.76. The van der Waals surface area contributed by atoms with Gasteiger partial charge in [-0.05, 0) is 54.8 Å². The van der Waals surface area contributed by atoms with Gasteiger partial charge in [-0.2, -0.15) is 5.26 Å². The highest BCUT2D eigenvalue weighted by molar-refractivity contribution is 6.30. The van der Waals surface area contributed by atoms with Gasteiger partial charge in [0.1, 0.15) is 6.04 Å². The van der Waals surface area contributed by atoms with Crippen LogP contribution in [-0.4, -0.2) is 17.9 Å². The number of carbonyl (C=O) groups excluding carboxylic acids is 2. The minimum atomic E-state index is -0.691. The number of amides is 2. The van der Waals surface area contributed by atoms with Gasteiger partial charge in [-0.25, -0.2) is 0 Å². The summed E-state index contributed by atoms with van der Waals surface area (Å²) in [5.74, 6) is -0.453. The number of halogens is 1. The van der Waals surface area contributed by atoms with E-state index in [9.17, 15) is 9.59 Å². The second-order valence-electron chi connectivity index (χ2n) is 6.34. The highest BCUT2D eigenvalue weighted by Crippen LogP contribution is 2.14. The van der Waals surface area contributed by atoms with Crippen LogP contribution in [0.2, 0.25) is 5.02 Å². The zero-order valence-electron chi connectivity index (χ0n) is 14.6. The number of nitriles is 1. The number of nitrogens with one attached hydrogen (secondary N) is 2. The summed E-state index contributed by atoms with van der Waals surface area (Å²) in [5.41, 5.74) is 1.40. The number of hydrogen-bond acceptors (Lipinski definition) is 3. The SMILES string of the molecule is CC(C)CC(NC(=O)c1ccc(Cl)cc1)C(=O)Nc1cccc(C#N)c1. The van der Waals surface area contributed by atoms with E-state index in [1.165, 1.54) is 0 Å². The molecule has 0 bridgehead atoms. The largest absolute Gasteiger partial charge is 0.340 e. The van der Waals surface area contributed by atoms with Crippen LogP contribution < -0.4 is 10.6 Å². The van der Waals surface area contributed by atoms with Crippen LogP contribution in [0.4, 0.5) is 5.69 Å². The summed E-state index contributed by atoms with van der Waals surface area (Å²) in [6, 6.07) is 14.4. The van der Waals surface area contributed by atoms with Crippen molar-refractivity contribution in [2.45, 2.75) is 26.3 Å². The molecule has 2 amide bonds. The van der Waals surface area contributed by atoms with Gasteiger partial charge in [0.05, 0.1) is 11.6 Å². The summed E-state index contributed by atoms with van der Waals surface area (Å²) in [6.45, 7) is 3.95. The summed E-state index contributed by atoms with van der Waals surface area (Å²) < 4.78 is 0. The van der Waals surface area contributed by atoms with E-state index in [4.69, 9.17) is 16.9 Å². The highest BCUT2D eigenvalue weighted by atomic mass is 35.5. The number of benzene rings is 2. The molecule has 0 aliphatic rings. The maximum Gasteiger partial charge on any atom is 0.251 e. The van der Waals surface area contributed by atoms with Crippen LogP contribution >= 0.6 is 11.6 Å². The summed E-state index contributed by atoms with van der Waals surface area (Å²) >= 11 is 5.84. The molecule has 0 fully saturated rings. The van der Waals surface area contributed by atoms with Gasteiger partial charge in [0.2, 0.25) is 5.91 Å². The van der Waals surface area contributed by atoms with Crippen LogP contribution in [0.3, 0.4) is 0 Å². The van der Waals surface area contributed by atoms with E-state index < -0.39 is 6.04 Å². The van der Waals surface area contributed by atoms with Crippen LogP contribution in [0.1, 0.15) is 36.2 Å². The van der Waals surface area contributed by atoms with E-state index in [1.807, 2.05) is 19.9 Å². The Morgan fingerprint density at radius 3 is 2.46 bits per heavy atom. The third-order valence-electron chi connectivity index (χ3n) is 3.69. The second-order valence-corrected chi connectivity index (χ2v) is 6.78. The molecule has 26 heavy (non-hydrogen) atoms. The molecular weight excluding hydrogens is 350 g/mol. The molecule has 2 rings (SSSR count). The Balaban J connectivity index is 2.12. The number of carbonyl (C=O) groups is 2. The van der Waals surface area contributed by atoms with Crippen LogP contribution in [0, 0.1) is 17.2 Å². The molecule has 2 N–H and O–H groups in total. The van der Waals surface area contributed by atoms with Crippen molar-refractivity contribution in [1.29, 1.82) is 5.26 Å². The van der Waals surface area contributed by atoms with Gasteiger partial charge in [-0.3, -0.25) is 9.59 Å². The monoisotopic (exact) mass is 369 g/mol. The maximum atomic E-state index is 12.6. The van der Waals surface area contributed by atoms with Crippen molar-refractivity contribution in [3.05, 3.63) is 64.7 Å². The predicted molar refractivity (Wildman–Crippen MR) is 102 cm³/mol. The molecule has 2 aromatic rings. The lowest BCUT2D eigenvalue weighted by molar-refractivity contribution is -0.118. The van der Waals surface area contributed by atoms with Crippen LogP contribution in [-0.2, 0) is 4.79 Å². The molecule has 0 aliphatic carbocycles. The molecular formula is C20H20ClN3O2. The average Bonchev–Trinajstić information content (AvgIpc) is 2.61. The molecule has 0 aliphatic heterocycles. The van der Waals surface area contributed by atoms with Gasteiger partial charge in [0, 0.05) is 16.3 Å². The fourth-order valence-electron chi connectivity index (χ4n) is 2.44. The zero-order chi connectivity index (χ0) is 19.1. The lowest BCUT2D eigenvalue weighted by Crippen LogP contribution is -2.44. The number of nitrogens with zero attached hydrogens (tertiary/aromatic N) is 1. The van der Waals surface area contributed by atoms with Crippen LogP contribution in [0.15, 0.2) is 48.5 Å². The molecule has 0 spiro atoms. The Labute approximate surface area is 158 Å². The minimum Gasteiger partial charge on any atom is -0.340 e. The van der Waals surface area contributed by atoms with Crippen LogP contribution in [0.5, 0.6) is 0 Å². The van der Waals surface area contributed by atoms with Gasteiger partial charge >= 0.3 is 0 Å². The molecule has 5 nitrogen and oxygen atoms in total. The summed E-state index contributed by atoms with van der Waals surface area (Å²) in [6.07, 6.45) is 0.489. The lowest BCUT2D eigenvalue weighted by atomic mass is 10.0. The standard InChI is InChI=1S/C20H20ClN3O2/c1-13(2)10-18(24-19(25)15-6-8-16(21)9-7-15)20(26)23-17-5-3-4-14(11-17)12-22/h3-9,11,13,18H,10H2,1-2H3,(H,23,26)(H,24,25). The van der Waals surface area contributed by atoms with E-state index in [-0.39, 0.29) is 17.7 Å². The quantitative estimate of drug-likeness (QED) is 0.807. The van der Waals surface area contributed by atoms with E-state index in [0.29, 0.717) is 28.3 Å². The molecule has 1 unspecified atom stereocenters. The summed E-state index contributed by atoms with van der Waals surface area (Å²) in [5, 5.41) is 15.0. The molecule has 0 radical (unpaired) electrons. The Morgan fingerprint density at radius 2 is 1.85 bits per heavy atom. The van der Waals surface area contributed by atoms with Gasteiger partial charge in [-0.15, -0.1) is 0 Å². The number of hydrogen-bond donors (Lipinski definition) is 2. The Hall–Kier alpha value is -2.84. The smallest absolute Gasteiger partial charge is 0.251 e. The summed E-state index contributed by atoms with van der Waals surface area (Å²) in [7, 11) is 0.